The molecule has 6 atom stereocenters. The molecule has 3 unspecified atom stereocenters. The summed E-state index contributed by atoms with van der Waals surface area (Å²) in [6.45, 7) is 14.0. The van der Waals surface area contributed by atoms with Crippen molar-refractivity contribution in [2.24, 2.45) is 23.7 Å². The Labute approximate surface area is 530 Å². The monoisotopic (exact) mass is 1280 g/mol. The van der Waals surface area contributed by atoms with Crippen molar-refractivity contribution in [2.75, 3.05) is 39.6 Å². The first kappa shape index (κ1) is 85.1. The first-order chi connectivity index (χ1) is 41.6. The maximum atomic E-state index is 13.0. The van der Waals surface area contributed by atoms with Gasteiger partial charge in [-0.3, -0.25) is 37.3 Å². The molecule has 0 amide bonds. The van der Waals surface area contributed by atoms with E-state index in [1.165, 1.54) is 128 Å². The van der Waals surface area contributed by atoms with Gasteiger partial charge in [-0.15, -0.1) is 0 Å². The van der Waals surface area contributed by atoms with Crippen LogP contribution >= 0.6 is 15.6 Å². The van der Waals surface area contributed by atoms with Crippen LogP contribution in [0.4, 0.5) is 0 Å². The van der Waals surface area contributed by atoms with Gasteiger partial charge >= 0.3 is 39.5 Å². The van der Waals surface area contributed by atoms with Crippen molar-refractivity contribution in [3.05, 3.63) is 0 Å². The maximum Gasteiger partial charge on any atom is 0.472 e. The van der Waals surface area contributed by atoms with Gasteiger partial charge in [-0.25, -0.2) is 9.13 Å². The van der Waals surface area contributed by atoms with Gasteiger partial charge in [0, 0.05) is 25.7 Å². The van der Waals surface area contributed by atoms with E-state index in [1.54, 1.807) is 0 Å². The third kappa shape index (κ3) is 61.3. The lowest BCUT2D eigenvalue weighted by atomic mass is 10.00. The van der Waals surface area contributed by atoms with Gasteiger partial charge in [0.2, 0.25) is 0 Å². The molecule has 0 aromatic carbocycles. The van der Waals surface area contributed by atoms with Gasteiger partial charge in [0.05, 0.1) is 26.4 Å². The molecule has 0 saturated carbocycles. The Morgan fingerprint density at radius 3 is 0.816 bits per heavy atom. The van der Waals surface area contributed by atoms with E-state index < -0.39 is 97.5 Å². The molecule has 0 aliphatic carbocycles. The highest BCUT2D eigenvalue weighted by atomic mass is 31.2. The molecule has 0 saturated heterocycles. The summed E-state index contributed by atoms with van der Waals surface area (Å²) >= 11 is 0. The third-order valence-electron chi connectivity index (χ3n) is 15.9. The summed E-state index contributed by atoms with van der Waals surface area (Å²) in [5, 5.41) is 10.6. The highest BCUT2D eigenvalue weighted by molar-refractivity contribution is 7.47. The third-order valence-corrected chi connectivity index (χ3v) is 17.8. The SMILES string of the molecule is CCC(C)CCCCCCCCC(=O)O[C@H](COC(=O)CCCCCCCCC(C)C)COP(=O)(O)OC[C@H](O)COP(=O)(O)OC[C@@H](COC(=O)CCCCCCCCCCC(C)C)OC(=O)CCCCCCCCCCCCCCCCC(C)C. The molecule has 0 aromatic heterocycles. The number of hydrogen-bond donors (Lipinski definition) is 3. The minimum atomic E-state index is -4.95. The maximum absolute atomic E-state index is 13.0. The van der Waals surface area contributed by atoms with E-state index in [4.69, 9.17) is 37.0 Å². The fraction of sp³-hybridized carbons (Fsp3) is 0.941. The molecule has 0 aromatic rings. The van der Waals surface area contributed by atoms with Gasteiger partial charge in [0.15, 0.2) is 12.2 Å². The number of aliphatic hydroxyl groups is 1. The van der Waals surface area contributed by atoms with Gasteiger partial charge in [0.25, 0.3) is 0 Å². The van der Waals surface area contributed by atoms with Gasteiger partial charge in [-0.1, -0.05) is 280 Å². The van der Waals surface area contributed by atoms with E-state index in [9.17, 15) is 43.2 Å². The number of aliphatic hydroxyl groups excluding tert-OH is 1. The molecular weight excluding hydrogens is 1150 g/mol. The Balaban J connectivity index is 5.23. The summed E-state index contributed by atoms with van der Waals surface area (Å²) in [4.78, 5) is 72.4. The van der Waals surface area contributed by atoms with Crippen molar-refractivity contribution in [2.45, 2.75) is 350 Å². The predicted molar refractivity (Wildman–Crippen MR) is 349 cm³/mol. The van der Waals surface area contributed by atoms with Gasteiger partial charge < -0.3 is 33.8 Å². The van der Waals surface area contributed by atoms with E-state index in [0.717, 1.165) is 114 Å². The van der Waals surface area contributed by atoms with Crippen molar-refractivity contribution in [1.82, 2.24) is 0 Å². The van der Waals surface area contributed by atoms with E-state index in [-0.39, 0.29) is 25.7 Å². The standard InChI is InChI=1S/C68H132O17P2/c1-9-61(8)47-39-31-25-27-35-43-51-68(73)85-64(55-79-66(71)49-41-33-26-24-30-38-46-60(6)7)57-83-87(76,77)81-53-62(69)52-80-86(74,75)82-56-63(54-78-65(70)48-40-32-22-19-18-21-29-37-45-59(4)5)84-67(72)50-42-34-23-17-15-13-11-10-12-14-16-20-28-36-44-58(2)3/h58-64,69H,9-57H2,1-8H3,(H,74,75)(H,76,77)/t61?,62-,63-,64-/m1/s1. The number of rotatable bonds is 65. The predicted octanol–water partition coefficient (Wildman–Crippen LogP) is 18.9. The Hall–Kier alpha value is -1.94. The van der Waals surface area contributed by atoms with Crippen LogP contribution in [0.25, 0.3) is 0 Å². The number of carbonyl (C=O) groups excluding carboxylic acids is 4. The smallest absolute Gasteiger partial charge is 0.462 e. The van der Waals surface area contributed by atoms with E-state index in [2.05, 4.69) is 55.4 Å². The first-order valence-electron chi connectivity index (χ1n) is 35.2. The van der Waals surface area contributed by atoms with Crippen molar-refractivity contribution in [3.8, 4) is 0 Å². The molecule has 516 valence electrons. The van der Waals surface area contributed by atoms with Crippen molar-refractivity contribution in [1.29, 1.82) is 0 Å². The summed E-state index contributed by atoms with van der Waals surface area (Å²) in [6.07, 6.45) is 39.2. The molecule has 17 nitrogen and oxygen atoms in total. The topological polar surface area (TPSA) is 237 Å². The molecular formula is C68H132O17P2. The largest absolute Gasteiger partial charge is 0.472 e. The fourth-order valence-electron chi connectivity index (χ4n) is 10.1. The second-order valence-electron chi connectivity index (χ2n) is 26.2. The zero-order valence-electron chi connectivity index (χ0n) is 56.6. The number of unbranched alkanes of at least 4 members (excludes halogenated alkanes) is 30. The highest BCUT2D eigenvalue weighted by Gasteiger charge is 2.30. The number of carbonyl (C=O) groups is 4. The minimum absolute atomic E-state index is 0.101. The van der Waals surface area contributed by atoms with Crippen LogP contribution in [0.2, 0.25) is 0 Å². The number of esters is 4. The average Bonchev–Trinajstić information content (AvgIpc) is 3.68. The minimum Gasteiger partial charge on any atom is -0.462 e. The van der Waals surface area contributed by atoms with Crippen molar-refractivity contribution < 1.29 is 80.2 Å². The molecule has 0 heterocycles. The lowest BCUT2D eigenvalue weighted by molar-refractivity contribution is -0.161. The number of ether oxygens (including phenoxy) is 4. The zero-order valence-corrected chi connectivity index (χ0v) is 58.4. The van der Waals surface area contributed by atoms with Gasteiger partial charge in [0.1, 0.15) is 19.3 Å². The summed E-state index contributed by atoms with van der Waals surface area (Å²) in [5.74, 6) is 0.784. The second kappa shape index (κ2) is 57.9. The lowest BCUT2D eigenvalue weighted by Gasteiger charge is -2.21. The average molecular weight is 1280 g/mol. The molecule has 0 bridgehead atoms. The molecule has 3 N–H and O–H groups in total. The van der Waals surface area contributed by atoms with Crippen LogP contribution in [0.5, 0.6) is 0 Å². The summed E-state index contributed by atoms with van der Waals surface area (Å²) in [5.41, 5.74) is 0. The van der Waals surface area contributed by atoms with E-state index in [0.29, 0.717) is 31.6 Å². The summed E-state index contributed by atoms with van der Waals surface area (Å²) in [7, 11) is -9.90. The molecule has 87 heavy (non-hydrogen) atoms. The van der Waals surface area contributed by atoms with E-state index in [1.807, 2.05) is 0 Å². The van der Waals surface area contributed by atoms with Crippen molar-refractivity contribution in [3.63, 3.8) is 0 Å². The number of hydrogen-bond acceptors (Lipinski definition) is 15. The normalized spacial score (nSPS) is 14.6. The van der Waals surface area contributed by atoms with Crippen LogP contribution in [0.1, 0.15) is 331 Å². The second-order valence-corrected chi connectivity index (χ2v) is 29.1. The molecule has 19 heteroatoms. The zero-order chi connectivity index (χ0) is 64.7. The van der Waals surface area contributed by atoms with Crippen LogP contribution < -0.4 is 0 Å². The number of phosphoric acid groups is 2. The summed E-state index contributed by atoms with van der Waals surface area (Å²) < 4.78 is 68.1. The van der Waals surface area contributed by atoms with Crippen LogP contribution in [0, 0.1) is 23.7 Å². The Morgan fingerprint density at radius 2 is 0.552 bits per heavy atom. The van der Waals surface area contributed by atoms with Crippen LogP contribution in [-0.2, 0) is 65.4 Å². The lowest BCUT2D eigenvalue weighted by Crippen LogP contribution is -2.30. The van der Waals surface area contributed by atoms with Crippen molar-refractivity contribution >= 4 is 39.5 Å². The van der Waals surface area contributed by atoms with Gasteiger partial charge in [-0.2, -0.15) is 0 Å². The summed E-state index contributed by atoms with van der Waals surface area (Å²) in [6, 6.07) is 0. The fourth-order valence-corrected chi connectivity index (χ4v) is 11.7. The van der Waals surface area contributed by atoms with Crippen LogP contribution in [0.15, 0.2) is 0 Å². The first-order valence-corrected chi connectivity index (χ1v) is 38.2. The van der Waals surface area contributed by atoms with Crippen LogP contribution in [0.3, 0.4) is 0 Å². The van der Waals surface area contributed by atoms with Crippen LogP contribution in [-0.4, -0.2) is 96.7 Å². The molecule has 0 radical (unpaired) electrons. The highest BCUT2D eigenvalue weighted by Crippen LogP contribution is 2.45. The molecule has 0 aliphatic rings. The molecule has 0 spiro atoms. The quantitative estimate of drug-likeness (QED) is 0.0222. The van der Waals surface area contributed by atoms with Gasteiger partial charge in [-0.05, 0) is 49.4 Å². The molecule has 0 fully saturated rings. The Bertz CT molecular complexity index is 1730. The Morgan fingerprint density at radius 1 is 0.322 bits per heavy atom. The number of phosphoric ester groups is 2. The Kier molecular flexibility index (Phi) is 56.6. The molecule has 0 rings (SSSR count). The molecule has 0 aliphatic heterocycles. The van der Waals surface area contributed by atoms with E-state index >= 15 is 0 Å².